The fourth-order valence-corrected chi connectivity index (χ4v) is 3.65. The Labute approximate surface area is 133 Å². The van der Waals surface area contributed by atoms with E-state index < -0.39 is 5.91 Å². The number of carbonyl (C=O) groups is 1. The van der Waals surface area contributed by atoms with E-state index in [1.807, 2.05) is 36.4 Å². The fraction of sp³-hybridized carbons (Fsp3) is 0.0714. The van der Waals surface area contributed by atoms with Gasteiger partial charge in [0.15, 0.2) is 5.16 Å². The van der Waals surface area contributed by atoms with Crippen molar-refractivity contribution in [3.05, 3.63) is 46.8 Å². The van der Waals surface area contributed by atoms with Gasteiger partial charge in [-0.2, -0.15) is 0 Å². The largest absolute Gasteiger partial charge is 0.369 e. The molecule has 0 saturated heterocycles. The molecule has 2 heterocycles. The van der Waals surface area contributed by atoms with Crippen molar-refractivity contribution in [2.75, 3.05) is 11.6 Å². The minimum absolute atomic E-state index is 0.0187. The van der Waals surface area contributed by atoms with E-state index in [0.717, 1.165) is 26.9 Å². The number of amides is 1. The molecule has 0 radical (unpaired) electrons. The zero-order valence-corrected chi connectivity index (χ0v) is 13.0. The summed E-state index contributed by atoms with van der Waals surface area (Å²) in [5.41, 5.74) is 6.36. The molecule has 1 amide bonds. The van der Waals surface area contributed by atoms with Crippen LogP contribution < -0.4 is 17.1 Å². The second-order valence-electron chi connectivity index (χ2n) is 4.52. The van der Waals surface area contributed by atoms with E-state index in [4.69, 9.17) is 11.6 Å². The zero-order chi connectivity index (χ0) is 15.7. The van der Waals surface area contributed by atoms with Gasteiger partial charge in [-0.05, 0) is 11.6 Å². The molecule has 0 fully saturated rings. The normalized spacial score (nSPS) is 10.9. The maximum atomic E-state index is 12.3. The van der Waals surface area contributed by atoms with Crippen molar-refractivity contribution in [1.82, 2.24) is 9.66 Å². The van der Waals surface area contributed by atoms with Crippen molar-refractivity contribution in [3.63, 3.8) is 0 Å². The van der Waals surface area contributed by atoms with Crippen LogP contribution in [0.5, 0.6) is 0 Å². The Hall–Kier alpha value is -2.32. The van der Waals surface area contributed by atoms with E-state index in [1.54, 1.807) is 0 Å². The van der Waals surface area contributed by atoms with E-state index in [1.165, 1.54) is 11.3 Å². The quantitative estimate of drug-likeness (QED) is 0.427. The molecule has 4 N–H and O–H groups in total. The van der Waals surface area contributed by atoms with Gasteiger partial charge in [-0.15, -0.1) is 11.3 Å². The lowest BCUT2D eigenvalue weighted by molar-refractivity contribution is -0.115. The Morgan fingerprint density at radius 2 is 2.05 bits per heavy atom. The number of hydrogen-bond acceptors (Lipinski definition) is 6. The van der Waals surface area contributed by atoms with Crippen LogP contribution in [-0.4, -0.2) is 21.3 Å². The number of carbonyl (C=O) groups excluding carboxylic acids is 1. The highest BCUT2D eigenvalue weighted by Gasteiger charge is 2.14. The summed E-state index contributed by atoms with van der Waals surface area (Å²) in [6.07, 6.45) is 0. The number of benzene rings is 1. The van der Waals surface area contributed by atoms with Gasteiger partial charge >= 0.3 is 0 Å². The van der Waals surface area contributed by atoms with Crippen LogP contribution in [0.1, 0.15) is 0 Å². The number of hydrogen-bond donors (Lipinski definition) is 2. The van der Waals surface area contributed by atoms with Crippen LogP contribution in [0.2, 0.25) is 0 Å². The predicted molar refractivity (Wildman–Crippen MR) is 89.4 cm³/mol. The molecule has 0 spiro atoms. The third-order valence-electron chi connectivity index (χ3n) is 2.95. The summed E-state index contributed by atoms with van der Waals surface area (Å²) in [5.74, 6) is 5.29. The van der Waals surface area contributed by atoms with Gasteiger partial charge in [0.05, 0.1) is 11.3 Å². The van der Waals surface area contributed by atoms with Crippen molar-refractivity contribution in [2.45, 2.75) is 5.16 Å². The number of primary amides is 1. The van der Waals surface area contributed by atoms with Gasteiger partial charge in [0.1, 0.15) is 4.70 Å². The molecule has 3 rings (SSSR count). The monoisotopic (exact) mass is 332 g/mol. The van der Waals surface area contributed by atoms with Crippen molar-refractivity contribution in [1.29, 1.82) is 0 Å². The molecule has 0 aliphatic rings. The topological polar surface area (TPSA) is 104 Å². The first-order chi connectivity index (χ1) is 10.6. The Balaban J connectivity index is 2.10. The van der Waals surface area contributed by atoms with Crippen LogP contribution in [0.15, 0.2) is 46.3 Å². The molecule has 112 valence electrons. The second kappa shape index (κ2) is 5.82. The first-order valence-corrected chi connectivity index (χ1v) is 8.14. The van der Waals surface area contributed by atoms with E-state index in [2.05, 4.69) is 4.98 Å². The number of thioether (sulfide) groups is 1. The summed E-state index contributed by atoms with van der Waals surface area (Å²) in [6, 6.07) is 11.6. The molecule has 0 unspecified atom stereocenters. The van der Waals surface area contributed by atoms with Crippen LogP contribution in [0.3, 0.4) is 0 Å². The molecule has 0 atom stereocenters. The van der Waals surface area contributed by atoms with Crippen molar-refractivity contribution in [3.8, 4) is 10.4 Å². The lowest BCUT2D eigenvalue weighted by Crippen LogP contribution is -2.29. The molecule has 0 aliphatic heterocycles. The zero-order valence-electron chi connectivity index (χ0n) is 11.4. The van der Waals surface area contributed by atoms with Crippen LogP contribution >= 0.6 is 23.1 Å². The standard InChI is InChI=1S/C14H12N4O2S2/c15-11(19)7-21-14-17-9-6-10(8-4-2-1-3-5-8)22-12(9)13(20)18(14)16/h1-6H,7,16H2,(H2,15,19). The fourth-order valence-electron chi connectivity index (χ4n) is 1.95. The highest BCUT2D eigenvalue weighted by Crippen LogP contribution is 2.31. The van der Waals surface area contributed by atoms with Crippen LogP contribution in [0.25, 0.3) is 20.7 Å². The third kappa shape index (κ3) is 2.70. The van der Waals surface area contributed by atoms with Gasteiger partial charge in [-0.25, -0.2) is 9.66 Å². The smallest absolute Gasteiger partial charge is 0.290 e. The van der Waals surface area contributed by atoms with Crippen molar-refractivity contribution in [2.24, 2.45) is 5.73 Å². The van der Waals surface area contributed by atoms with Crippen LogP contribution in [0.4, 0.5) is 0 Å². The van der Waals surface area contributed by atoms with Crippen molar-refractivity contribution >= 4 is 39.2 Å². The summed E-state index contributed by atoms with van der Waals surface area (Å²) >= 11 is 2.39. The average molecular weight is 332 g/mol. The number of nitrogen functional groups attached to an aromatic ring is 1. The minimum atomic E-state index is -0.491. The Morgan fingerprint density at radius 1 is 1.32 bits per heavy atom. The van der Waals surface area contributed by atoms with Crippen LogP contribution in [0, 0.1) is 0 Å². The molecule has 0 bridgehead atoms. The number of fused-ring (bicyclic) bond motifs is 1. The molecular weight excluding hydrogens is 320 g/mol. The second-order valence-corrected chi connectivity index (χ2v) is 6.51. The Kier molecular flexibility index (Phi) is 3.86. The Morgan fingerprint density at radius 3 is 2.73 bits per heavy atom. The molecule has 2 aromatic heterocycles. The molecule has 0 aliphatic carbocycles. The third-order valence-corrected chi connectivity index (χ3v) is 5.09. The summed E-state index contributed by atoms with van der Waals surface area (Å²) in [4.78, 5) is 28.5. The first-order valence-electron chi connectivity index (χ1n) is 6.34. The molecule has 1 aromatic carbocycles. The number of rotatable bonds is 4. The lowest BCUT2D eigenvalue weighted by Gasteiger charge is -2.04. The van der Waals surface area contributed by atoms with Gasteiger partial charge in [-0.1, -0.05) is 42.1 Å². The van der Waals surface area contributed by atoms with E-state index in [-0.39, 0.29) is 16.5 Å². The molecular formula is C14H12N4O2S2. The summed E-state index contributed by atoms with van der Waals surface area (Å²) < 4.78 is 1.45. The van der Waals surface area contributed by atoms with Gasteiger partial charge in [0.2, 0.25) is 5.91 Å². The van der Waals surface area contributed by atoms with Crippen LogP contribution in [-0.2, 0) is 4.79 Å². The maximum Gasteiger partial charge on any atom is 0.290 e. The van der Waals surface area contributed by atoms with E-state index in [9.17, 15) is 9.59 Å². The van der Waals surface area contributed by atoms with Crippen molar-refractivity contribution < 1.29 is 4.79 Å². The number of nitrogens with two attached hydrogens (primary N) is 2. The first kappa shape index (κ1) is 14.6. The molecule has 0 saturated carbocycles. The number of thiophene rings is 1. The number of aromatic nitrogens is 2. The molecule has 6 nitrogen and oxygen atoms in total. The van der Waals surface area contributed by atoms with E-state index >= 15 is 0 Å². The maximum absolute atomic E-state index is 12.3. The van der Waals surface area contributed by atoms with Gasteiger partial charge in [-0.3, -0.25) is 9.59 Å². The van der Waals surface area contributed by atoms with E-state index in [0.29, 0.717) is 10.2 Å². The Bertz CT molecular complexity index is 902. The summed E-state index contributed by atoms with van der Waals surface area (Å²) in [7, 11) is 0. The number of nitrogens with zero attached hydrogens (tertiary/aromatic N) is 2. The van der Waals surface area contributed by atoms with Gasteiger partial charge in [0.25, 0.3) is 5.56 Å². The summed E-state index contributed by atoms with van der Waals surface area (Å²) in [6.45, 7) is 0. The molecule has 8 heteroatoms. The minimum Gasteiger partial charge on any atom is -0.369 e. The van der Waals surface area contributed by atoms with Gasteiger partial charge < -0.3 is 11.6 Å². The molecule has 22 heavy (non-hydrogen) atoms. The predicted octanol–water partition coefficient (Wildman–Crippen LogP) is 1.42. The highest BCUT2D eigenvalue weighted by atomic mass is 32.2. The summed E-state index contributed by atoms with van der Waals surface area (Å²) in [5, 5.41) is 0.272. The SMILES string of the molecule is NC(=O)CSc1nc2cc(-c3ccccc3)sc2c(=O)n1N. The molecule has 3 aromatic rings. The lowest BCUT2D eigenvalue weighted by atomic mass is 10.2. The highest BCUT2D eigenvalue weighted by molar-refractivity contribution is 7.99. The van der Waals surface area contributed by atoms with Gasteiger partial charge in [0, 0.05) is 4.88 Å². The average Bonchev–Trinajstić information content (AvgIpc) is 2.94.